The van der Waals surface area contributed by atoms with Crippen molar-refractivity contribution in [1.29, 1.82) is 0 Å². The molecule has 1 aromatic carbocycles. The molecule has 33 heavy (non-hydrogen) atoms. The van der Waals surface area contributed by atoms with Gasteiger partial charge in [0.2, 0.25) is 5.91 Å². The number of carbonyl (C=O) groups excluding carboxylic acids is 1. The third-order valence-corrected chi connectivity index (χ3v) is 5.08. The van der Waals surface area contributed by atoms with Crippen molar-refractivity contribution in [2.45, 2.75) is 79.1 Å². The van der Waals surface area contributed by atoms with Crippen LogP contribution < -0.4 is 5.32 Å². The molecule has 0 bridgehead atoms. The molecule has 0 aromatic heterocycles. The normalized spacial score (nSPS) is 12.6. The van der Waals surface area contributed by atoms with Gasteiger partial charge < -0.3 is 5.32 Å². The summed E-state index contributed by atoms with van der Waals surface area (Å²) in [6.45, 7) is 8.32. The minimum atomic E-state index is 0.0737. The van der Waals surface area contributed by atoms with Crippen molar-refractivity contribution in [2.75, 3.05) is 5.32 Å². The highest BCUT2D eigenvalue weighted by Crippen LogP contribution is 2.22. The second kappa shape index (κ2) is 18.7. The van der Waals surface area contributed by atoms with Gasteiger partial charge in [-0.3, -0.25) is 4.79 Å². The van der Waals surface area contributed by atoms with Crippen LogP contribution in [0.1, 0.15) is 75.0 Å². The van der Waals surface area contributed by atoms with Gasteiger partial charge in [0.1, 0.15) is 0 Å². The predicted molar refractivity (Wildman–Crippen MR) is 147 cm³/mol. The molecule has 1 rings (SSSR count). The maximum Gasteiger partial charge on any atom is 0.224 e. The van der Waals surface area contributed by atoms with Crippen LogP contribution in [0, 0.1) is 20.8 Å². The molecular formula is C31H43NO. The molecule has 2 heteroatoms. The monoisotopic (exact) mass is 445 g/mol. The average molecular weight is 446 g/mol. The van der Waals surface area contributed by atoms with Crippen molar-refractivity contribution in [3.8, 4) is 0 Å². The number of aryl methyl sites for hydroxylation is 3. The summed E-state index contributed by atoms with van der Waals surface area (Å²) in [7, 11) is 0. The smallest absolute Gasteiger partial charge is 0.224 e. The highest BCUT2D eigenvalue weighted by Gasteiger charge is 2.07. The molecule has 0 spiro atoms. The van der Waals surface area contributed by atoms with Crippen LogP contribution in [0.25, 0.3) is 0 Å². The largest absolute Gasteiger partial charge is 0.326 e. The minimum absolute atomic E-state index is 0.0737. The van der Waals surface area contributed by atoms with Gasteiger partial charge in [-0.25, -0.2) is 0 Å². The number of hydrogen-bond acceptors (Lipinski definition) is 1. The number of carbonyl (C=O) groups is 1. The van der Waals surface area contributed by atoms with E-state index in [1.807, 2.05) is 13.8 Å². The Morgan fingerprint density at radius 3 is 1.48 bits per heavy atom. The Morgan fingerprint density at radius 2 is 1.06 bits per heavy atom. The Morgan fingerprint density at radius 1 is 0.667 bits per heavy atom. The van der Waals surface area contributed by atoms with E-state index in [1.165, 1.54) is 5.56 Å². The lowest BCUT2D eigenvalue weighted by Crippen LogP contribution is -2.13. The molecule has 0 aliphatic rings. The molecule has 1 amide bonds. The molecule has 0 unspecified atom stereocenters. The molecule has 0 heterocycles. The van der Waals surface area contributed by atoms with Crippen molar-refractivity contribution in [2.24, 2.45) is 0 Å². The number of benzene rings is 1. The lowest BCUT2D eigenvalue weighted by molar-refractivity contribution is -0.116. The Balaban J connectivity index is 2.10. The molecule has 0 saturated carbocycles. The molecule has 0 radical (unpaired) electrons. The molecular weight excluding hydrogens is 402 g/mol. The first-order valence-corrected chi connectivity index (χ1v) is 12.3. The molecule has 2 nitrogen and oxygen atoms in total. The highest BCUT2D eigenvalue weighted by atomic mass is 16.1. The second-order valence-corrected chi connectivity index (χ2v) is 8.28. The third kappa shape index (κ3) is 14.7. The van der Waals surface area contributed by atoms with E-state index in [1.54, 1.807) is 0 Å². The zero-order chi connectivity index (χ0) is 24.2. The summed E-state index contributed by atoms with van der Waals surface area (Å²) in [5.74, 6) is 0.0737. The third-order valence-electron chi connectivity index (χ3n) is 5.08. The Hall–Kier alpha value is -2.87. The van der Waals surface area contributed by atoms with Crippen LogP contribution in [0.2, 0.25) is 0 Å². The Labute approximate surface area is 202 Å². The fourth-order valence-electron chi connectivity index (χ4n) is 3.43. The van der Waals surface area contributed by atoms with E-state index in [-0.39, 0.29) is 5.91 Å². The highest BCUT2D eigenvalue weighted by molar-refractivity contribution is 5.92. The first-order chi connectivity index (χ1) is 16.0. The second-order valence-electron chi connectivity index (χ2n) is 8.28. The van der Waals surface area contributed by atoms with Crippen molar-refractivity contribution in [3.63, 3.8) is 0 Å². The first kappa shape index (κ1) is 28.2. The van der Waals surface area contributed by atoms with Gasteiger partial charge in [-0.2, -0.15) is 0 Å². The van der Waals surface area contributed by atoms with Crippen molar-refractivity contribution >= 4 is 11.6 Å². The topological polar surface area (TPSA) is 29.1 Å². The van der Waals surface area contributed by atoms with Crippen molar-refractivity contribution < 1.29 is 4.79 Å². The lowest BCUT2D eigenvalue weighted by atomic mass is 10.0. The summed E-state index contributed by atoms with van der Waals surface area (Å²) < 4.78 is 0. The summed E-state index contributed by atoms with van der Waals surface area (Å²) >= 11 is 0. The summed E-state index contributed by atoms with van der Waals surface area (Å²) in [5.41, 5.74) is 4.42. The molecule has 0 fully saturated rings. The van der Waals surface area contributed by atoms with Crippen LogP contribution in [0.5, 0.6) is 0 Å². The summed E-state index contributed by atoms with van der Waals surface area (Å²) in [5, 5.41) is 3.06. The Kier molecular flexibility index (Phi) is 15.9. The minimum Gasteiger partial charge on any atom is -0.326 e. The number of hydrogen-bond donors (Lipinski definition) is 1. The van der Waals surface area contributed by atoms with E-state index in [0.29, 0.717) is 6.42 Å². The number of allylic oxidation sites excluding steroid dienone is 12. The zero-order valence-electron chi connectivity index (χ0n) is 21.1. The van der Waals surface area contributed by atoms with Crippen LogP contribution in [0.4, 0.5) is 5.69 Å². The van der Waals surface area contributed by atoms with Gasteiger partial charge in [0.05, 0.1) is 0 Å². The number of anilines is 1. The number of amides is 1. The fraction of sp³-hybridized carbons (Fsp3) is 0.387. The van der Waals surface area contributed by atoms with Gasteiger partial charge in [-0.1, -0.05) is 97.5 Å². The summed E-state index contributed by atoms with van der Waals surface area (Å²) in [6, 6.07) is 4.21. The van der Waals surface area contributed by atoms with Gasteiger partial charge in [0, 0.05) is 12.1 Å². The van der Waals surface area contributed by atoms with Crippen LogP contribution >= 0.6 is 0 Å². The first-order valence-electron chi connectivity index (χ1n) is 12.3. The molecule has 1 N–H and O–H groups in total. The molecule has 0 aliphatic carbocycles. The van der Waals surface area contributed by atoms with Crippen molar-refractivity contribution in [3.05, 3.63) is 102 Å². The van der Waals surface area contributed by atoms with Crippen LogP contribution in [0.15, 0.2) is 85.0 Å². The van der Waals surface area contributed by atoms with Gasteiger partial charge in [-0.15, -0.1) is 0 Å². The lowest BCUT2D eigenvalue weighted by Gasteiger charge is -2.12. The average Bonchev–Trinajstić information content (AvgIpc) is 2.77. The fourth-order valence-corrected chi connectivity index (χ4v) is 3.43. The standard InChI is InChI=1S/C31H43NO/c1-5-6-7-8-9-10-11-12-13-14-15-16-17-18-19-20-21-22-23-24-30(33)32-31-28(3)25-27(2)26-29(31)4/h6-7,9-10,12-13,15-16,18-19,21-22,25-26H,5,8,11,14,17,20,23-24H2,1-4H3,(H,32,33). The van der Waals surface area contributed by atoms with Gasteiger partial charge >= 0.3 is 0 Å². The van der Waals surface area contributed by atoms with E-state index in [9.17, 15) is 4.79 Å². The molecule has 0 aliphatic heterocycles. The quantitative estimate of drug-likeness (QED) is 0.268. The molecule has 0 atom stereocenters. The van der Waals surface area contributed by atoms with Gasteiger partial charge in [0.25, 0.3) is 0 Å². The van der Waals surface area contributed by atoms with Crippen molar-refractivity contribution in [1.82, 2.24) is 0 Å². The van der Waals surface area contributed by atoms with E-state index in [0.717, 1.165) is 61.8 Å². The van der Waals surface area contributed by atoms with E-state index >= 15 is 0 Å². The zero-order valence-corrected chi connectivity index (χ0v) is 21.1. The maximum absolute atomic E-state index is 12.2. The molecule has 178 valence electrons. The number of rotatable bonds is 15. The summed E-state index contributed by atoms with van der Waals surface area (Å²) in [6.07, 6.45) is 33.5. The van der Waals surface area contributed by atoms with Gasteiger partial charge in [0.15, 0.2) is 0 Å². The Bertz CT molecular complexity index is 842. The number of nitrogens with one attached hydrogen (secondary N) is 1. The van der Waals surface area contributed by atoms with E-state index < -0.39 is 0 Å². The maximum atomic E-state index is 12.2. The van der Waals surface area contributed by atoms with E-state index in [2.05, 4.69) is 104 Å². The predicted octanol–water partition coefficient (Wildman–Crippen LogP) is 9.03. The SMILES string of the molecule is CCC=CCC=CCC=CCC=CCC=CCC=CCCC(=O)Nc1c(C)cc(C)cc1C. The van der Waals surface area contributed by atoms with E-state index in [4.69, 9.17) is 0 Å². The van der Waals surface area contributed by atoms with Gasteiger partial charge in [-0.05, 0) is 76.8 Å². The van der Waals surface area contributed by atoms with Crippen LogP contribution in [0.3, 0.4) is 0 Å². The molecule has 1 aromatic rings. The molecule has 0 saturated heterocycles. The summed E-state index contributed by atoms with van der Waals surface area (Å²) in [4.78, 5) is 12.2. The van der Waals surface area contributed by atoms with Crippen LogP contribution in [-0.2, 0) is 4.79 Å². The van der Waals surface area contributed by atoms with Crippen LogP contribution in [-0.4, -0.2) is 5.91 Å².